The molecule has 28 heavy (non-hydrogen) atoms. The number of nitrogens with zero attached hydrogens (tertiary/aromatic N) is 3. The van der Waals surface area contributed by atoms with Crippen LogP contribution in [0.4, 0.5) is 5.69 Å². The Morgan fingerprint density at radius 3 is 2.64 bits per heavy atom. The van der Waals surface area contributed by atoms with Crippen LogP contribution in [0.1, 0.15) is 28.5 Å². The lowest BCUT2D eigenvalue weighted by Gasteiger charge is -2.34. The summed E-state index contributed by atoms with van der Waals surface area (Å²) in [5.74, 6) is -0.416. The number of nitrogens with one attached hydrogen (secondary N) is 2. The van der Waals surface area contributed by atoms with Crippen LogP contribution < -0.4 is 14.8 Å². The van der Waals surface area contributed by atoms with Gasteiger partial charge in [0.15, 0.2) is 19.1 Å². The SMILES string of the molecule is CCOC(=O)c1cc(C#N)c(=S)n(C[NH+]2CCN(c3cc[nH+]cc3)CC2)c1C. The first-order valence-electron chi connectivity index (χ1n) is 9.41. The fraction of sp³-hybridized carbons (Fsp3) is 0.400. The van der Waals surface area contributed by atoms with Gasteiger partial charge in [-0.25, -0.2) is 9.78 Å². The van der Waals surface area contributed by atoms with Gasteiger partial charge in [-0.2, -0.15) is 5.26 Å². The van der Waals surface area contributed by atoms with Gasteiger partial charge in [-0.3, -0.25) is 4.57 Å². The predicted molar refractivity (Wildman–Crippen MR) is 107 cm³/mol. The van der Waals surface area contributed by atoms with E-state index in [-0.39, 0.29) is 0 Å². The number of aromatic amines is 1. The Hall–Kier alpha value is -2.76. The van der Waals surface area contributed by atoms with E-state index in [0.717, 1.165) is 31.9 Å². The van der Waals surface area contributed by atoms with Gasteiger partial charge in [-0.15, -0.1) is 0 Å². The Bertz CT molecular complexity index is 944. The largest absolute Gasteiger partial charge is 0.462 e. The van der Waals surface area contributed by atoms with E-state index < -0.39 is 5.97 Å². The second kappa shape index (κ2) is 8.95. The van der Waals surface area contributed by atoms with Gasteiger partial charge in [-0.1, -0.05) is 12.2 Å². The van der Waals surface area contributed by atoms with Crippen LogP contribution in [0.2, 0.25) is 0 Å². The number of ether oxygens (including phenoxy) is 1. The van der Waals surface area contributed by atoms with E-state index in [9.17, 15) is 10.1 Å². The number of nitriles is 1. The van der Waals surface area contributed by atoms with Gasteiger partial charge in [0.05, 0.1) is 43.9 Å². The van der Waals surface area contributed by atoms with Crippen molar-refractivity contribution < 1.29 is 19.4 Å². The summed E-state index contributed by atoms with van der Waals surface area (Å²) in [5, 5.41) is 9.44. The maximum absolute atomic E-state index is 12.3. The highest BCUT2D eigenvalue weighted by atomic mass is 32.1. The van der Waals surface area contributed by atoms with Crippen molar-refractivity contribution in [1.29, 1.82) is 5.26 Å². The summed E-state index contributed by atoms with van der Waals surface area (Å²) in [7, 11) is 0. The fourth-order valence-corrected chi connectivity index (χ4v) is 3.80. The summed E-state index contributed by atoms with van der Waals surface area (Å²) in [6.07, 6.45) is 3.86. The molecule has 8 heteroatoms. The highest BCUT2D eigenvalue weighted by Crippen LogP contribution is 2.15. The molecule has 1 fully saturated rings. The van der Waals surface area contributed by atoms with Crippen LogP contribution in [0.5, 0.6) is 0 Å². The molecule has 0 aliphatic carbocycles. The number of piperazine rings is 1. The first-order valence-corrected chi connectivity index (χ1v) is 9.82. The molecule has 1 aliphatic rings. The molecule has 1 aliphatic heterocycles. The predicted octanol–water partition coefficient (Wildman–Crippen LogP) is 0.751. The molecule has 1 saturated heterocycles. The first-order chi connectivity index (χ1) is 13.5. The van der Waals surface area contributed by atoms with E-state index in [4.69, 9.17) is 17.0 Å². The van der Waals surface area contributed by atoms with Crippen LogP contribution in [-0.2, 0) is 11.4 Å². The normalized spacial score (nSPS) is 14.5. The topological polar surface area (TPSA) is 76.8 Å². The average molecular weight is 400 g/mol. The molecule has 2 aromatic heterocycles. The zero-order valence-electron chi connectivity index (χ0n) is 16.2. The molecule has 0 aromatic carbocycles. The molecule has 0 atom stereocenters. The molecule has 2 aromatic rings. The number of carbonyl (C=O) groups excluding carboxylic acids is 1. The third-order valence-corrected chi connectivity index (χ3v) is 5.53. The molecule has 146 valence electrons. The van der Waals surface area contributed by atoms with Gasteiger partial charge in [-0.05, 0) is 19.9 Å². The van der Waals surface area contributed by atoms with E-state index >= 15 is 0 Å². The lowest BCUT2D eigenvalue weighted by atomic mass is 10.1. The van der Waals surface area contributed by atoms with Crippen molar-refractivity contribution >= 4 is 23.9 Å². The van der Waals surface area contributed by atoms with Gasteiger partial charge in [0.25, 0.3) is 0 Å². The zero-order chi connectivity index (χ0) is 20.1. The highest BCUT2D eigenvalue weighted by Gasteiger charge is 2.23. The number of pyridine rings is 2. The molecule has 0 amide bonds. The summed E-state index contributed by atoms with van der Waals surface area (Å²) in [6.45, 7) is 8.32. The van der Waals surface area contributed by atoms with Crippen LogP contribution in [0.25, 0.3) is 0 Å². The third kappa shape index (κ3) is 4.21. The Morgan fingerprint density at radius 1 is 1.36 bits per heavy atom. The molecule has 0 unspecified atom stereocenters. The Kier molecular flexibility index (Phi) is 6.39. The Morgan fingerprint density at radius 2 is 2.04 bits per heavy atom. The minimum atomic E-state index is -0.416. The van der Waals surface area contributed by atoms with Crippen molar-refractivity contribution in [2.45, 2.75) is 20.5 Å². The van der Waals surface area contributed by atoms with Crippen LogP contribution in [0.3, 0.4) is 0 Å². The van der Waals surface area contributed by atoms with Gasteiger partial charge in [0, 0.05) is 23.5 Å². The van der Waals surface area contributed by atoms with Gasteiger partial charge < -0.3 is 14.5 Å². The molecular formula is C20H25N5O2S+2. The number of aromatic nitrogens is 2. The summed E-state index contributed by atoms with van der Waals surface area (Å²) in [4.78, 5) is 19.1. The fourth-order valence-electron chi connectivity index (χ4n) is 3.49. The Labute approximate surface area is 169 Å². The van der Waals surface area contributed by atoms with Crippen molar-refractivity contribution in [3.8, 4) is 6.07 Å². The van der Waals surface area contributed by atoms with Crippen molar-refractivity contribution in [2.24, 2.45) is 0 Å². The van der Waals surface area contributed by atoms with Crippen LogP contribution in [0, 0.1) is 22.9 Å². The zero-order valence-corrected chi connectivity index (χ0v) is 17.0. The van der Waals surface area contributed by atoms with Crippen LogP contribution >= 0.6 is 12.2 Å². The van der Waals surface area contributed by atoms with Gasteiger partial charge in [0.1, 0.15) is 10.7 Å². The smallest absolute Gasteiger partial charge is 0.339 e. The second-order valence-electron chi connectivity index (χ2n) is 6.78. The quantitative estimate of drug-likeness (QED) is 0.593. The van der Waals surface area contributed by atoms with E-state index in [2.05, 4.69) is 28.1 Å². The summed E-state index contributed by atoms with van der Waals surface area (Å²) in [6, 6.07) is 7.81. The summed E-state index contributed by atoms with van der Waals surface area (Å²) < 4.78 is 7.52. The number of quaternary nitrogens is 1. The van der Waals surface area contributed by atoms with Gasteiger partial charge >= 0.3 is 5.97 Å². The monoisotopic (exact) mass is 399 g/mol. The number of hydrogen-bond donors (Lipinski definition) is 1. The van der Waals surface area contributed by atoms with Crippen molar-refractivity contribution in [2.75, 3.05) is 37.7 Å². The molecule has 2 N–H and O–H groups in total. The van der Waals surface area contributed by atoms with Crippen LogP contribution in [-0.4, -0.2) is 43.3 Å². The third-order valence-electron chi connectivity index (χ3n) is 5.09. The first kappa shape index (κ1) is 20.0. The number of rotatable bonds is 5. The molecule has 3 heterocycles. The molecule has 7 nitrogen and oxygen atoms in total. The average Bonchev–Trinajstić information content (AvgIpc) is 2.72. The minimum absolute atomic E-state index is 0.292. The van der Waals surface area contributed by atoms with E-state index in [1.807, 2.05) is 23.9 Å². The summed E-state index contributed by atoms with van der Waals surface area (Å²) >= 11 is 5.52. The van der Waals surface area contributed by atoms with Crippen molar-refractivity contribution in [3.05, 3.63) is 52.1 Å². The number of anilines is 1. The highest BCUT2D eigenvalue weighted by molar-refractivity contribution is 7.71. The maximum Gasteiger partial charge on any atom is 0.339 e. The Balaban J connectivity index is 1.79. The molecule has 0 saturated carbocycles. The minimum Gasteiger partial charge on any atom is -0.462 e. The molecule has 3 rings (SSSR count). The standard InChI is InChI=1S/C20H23N5O2S/c1-3-27-20(26)18-12-16(13-21)19(28)25(15(18)2)14-23-8-10-24(11-9-23)17-4-6-22-7-5-17/h4-7,12H,3,8-11,14H2,1-2H3/p+2. The number of H-pyrrole nitrogens is 1. The molecule has 0 spiro atoms. The number of carbonyl (C=O) groups is 1. The van der Waals surface area contributed by atoms with Gasteiger partial charge in [0.2, 0.25) is 0 Å². The number of hydrogen-bond acceptors (Lipinski definition) is 5. The molecule has 0 bridgehead atoms. The van der Waals surface area contributed by atoms with E-state index in [1.165, 1.54) is 10.6 Å². The molecular weight excluding hydrogens is 374 g/mol. The van der Waals surface area contributed by atoms with E-state index in [0.29, 0.717) is 29.0 Å². The second-order valence-corrected chi connectivity index (χ2v) is 7.16. The van der Waals surface area contributed by atoms with Crippen molar-refractivity contribution in [3.63, 3.8) is 0 Å². The lowest BCUT2D eigenvalue weighted by Crippen LogP contribution is -3.14. The van der Waals surface area contributed by atoms with Crippen molar-refractivity contribution in [1.82, 2.24) is 4.57 Å². The number of esters is 1. The molecule has 0 radical (unpaired) electrons. The lowest BCUT2D eigenvalue weighted by molar-refractivity contribution is -0.923. The maximum atomic E-state index is 12.3. The van der Waals surface area contributed by atoms with E-state index in [1.54, 1.807) is 13.0 Å². The van der Waals surface area contributed by atoms with Crippen LogP contribution in [0.15, 0.2) is 30.6 Å². The summed E-state index contributed by atoms with van der Waals surface area (Å²) in [5.41, 5.74) is 2.70.